The number of anilines is 1. The maximum absolute atomic E-state index is 11.7. The second-order valence-electron chi connectivity index (χ2n) is 4.63. The minimum Gasteiger partial charge on any atom is -0.480 e. The van der Waals surface area contributed by atoms with E-state index in [0.29, 0.717) is 12.4 Å². The number of benzene rings is 1. The summed E-state index contributed by atoms with van der Waals surface area (Å²) in [6.45, 7) is 0.132. The summed E-state index contributed by atoms with van der Waals surface area (Å²) in [4.78, 5) is 22.2. The molecule has 0 aliphatic carbocycles. The normalized spacial score (nSPS) is 10.4. The van der Waals surface area contributed by atoms with E-state index in [9.17, 15) is 9.59 Å². The van der Waals surface area contributed by atoms with E-state index in [4.69, 9.17) is 9.84 Å². The Morgan fingerprint density at radius 1 is 1.23 bits per heavy atom. The number of carboxylic acids is 1. The Kier molecular flexibility index (Phi) is 5.67. The molecule has 7 heteroatoms. The van der Waals surface area contributed by atoms with Crippen molar-refractivity contribution in [2.24, 2.45) is 0 Å². The van der Waals surface area contributed by atoms with Gasteiger partial charge in [0.15, 0.2) is 5.82 Å². The Hall–Kier alpha value is -2.67. The van der Waals surface area contributed by atoms with Gasteiger partial charge in [-0.3, -0.25) is 14.3 Å². The van der Waals surface area contributed by atoms with Crippen LogP contribution in [-0.4, -0.2) is 40.0 Å². The van der Waals surface area contributed by atoms with Gasteiger partial charge < -0.3 is 15.2 Å². The molecule has 2 aromatic rings. The molecule has 2 rings (SSSR count). The van der Waals surface area contributed by atoms with Crippen LogP contribution in [0.5, 0.6) is 0 Å². The minimum atomic E-state index is -0.995. The molecular formula is C15H17N3O4. The lowest BCUT2D eigenvalue weighted by Gasteiger charge is -2.04. The number of carbonyl (C=O) groups excluding carboxylic acids is 1. The zero-order chi connectivity index (χ0) is 15.8. The predicted octanol–water partition coefficient (Wildman–Crippen LogP) is 1.17. The zero-order valence-corrected chi connectivity index (χ0v) is 11.9. The third-order valence-corrected chi connectivity index (χ3v) is 2.82. The maximum atomic E-state index is 11.7. The van der Waals surface area contributed by atoms with Gasteiger partial charge in [0.1, 0.15) is 13.2 Å². The number of carboxylic acid groups (broad SMARTS) is 1. The molecule has 1 heterocycles. The Labute approximate surface area is 127 Å². The molecule has 2 N–H and O–H groups in total. The lowest BCUT2D eigenvalue weighted by atomic mass is 10.2. The quantitative estimate of drug-likeness (QED) is 0.714. The third kappa shape index (κ3) is 5.37. The first-order valence-corrected chi connectivity index (χ1v) is 6.80. The number of nitrogens with zero attached hydrogens (tertiary/aromatic N) is 2. The van der Waals surface area contributed by atoms with E-state index in [1.165, 1.54) is 16.9 Å². The molecule has 0 aliphatic heterocycles. The number of nitrogens with one attached hydrogen (secondary N) is 1. The van der Waals surface area contributed by atoms with Gasteiger partial charge in [-0.15, -0.1) is 0 Å². The Balaban J connectivity index is 1.67. The molecule has 0 spiro atoms. The molecule has 0 fully saturated rings. The second kappa shape index (κ2) is 7.94. The zero-order valence-electron chi connectivity index (χ0n) is 11.9. The van der Waals surface area contributed by atoms with E-state index >= 15 is 0 Å². The number of rotatable bonds is 8. The van der Waals surface area contributed by atoms with Crippen molar-refractivity contribution >= 4 is 17.7 Å². The van der Waals surface area contributed by atoms with Crippen LogP contribution >= 0.6 is 0 Å². The number of amides is 1. The van der Waals surface area contributed by atoms with Crippen LogP contribution in [0.3, 0.4) is 0 Å². The van der Waals surface area contributed by atoms with Crippen molar-refractivity contribution in [3.05, 3.63) is 48.2 Å². The number of hydrogen-bond acceptors (Lipinski definition) is 4. The highest BCUT2D eigenvalue weighted by Crippen LogP contribution is 2.03. The molecular weight excluding hydrogens is 286 g/mol. The van der Waals surface area contributed by atoms with Crippen molar-refractivity contribution in [1.29, 1.82) is 0 Å². The summed E-state index contributed by atoms with van der Waals surface area (Å²) < 4.78 is 6.53. The van der Waals surface area contributed by atoms with E-state index in [0.717, 1.165) is 12.0 Å². The maximum Gasteiger partial charge on any atom is 0.325 e. The van der Waals surface area contributed by atoms with Crippen LogP contribution in [0.2, 0.25) is 0 Å². The smallest absolute Gasteiger partial charge is 0.325 e. The SMILES string of the molecule is O=C(O)Cn1ccc(NC(=O)COCCc2ccccc2)n1. The molecule has 22 heavy (non-hydrogen) atoms. The number of carbonyl (C=O) groups is 2. The molecule has 0 saturated heterocycles. The highest BCUT2D eigenvalue weighted by Gasteiger charge is 2.06. The standard InChI is InChI=1S/C15H17N3O4/c19-14(11-22-9-7-12-4-2-1-3-5-12)16-13-6-8-18(17-13)10-15(20)21/h1-6,8H,7,9-11H2,(H,20,21)(H,16,17,19). The molecule has 0 radical (unpaired) electrons. The van der Waals surface area contributed by atoms with Crippen molar-refractivity contribution in [3.8, 4) is 0 Å². The highest BCUT2D eigenvalue weighted by atomic mass is 16.5. The van der Waals surface area contributed by atoms with Crippen LogP contribution in [0.15, 0.2) is 42.6 Å². The van der Waals surface area contributed by atoms with Gasteiger partial charge in [0.05, 0.1) is 6.61 Å². The summed E-state index contributed by atoms with van der Waals surface area (Å²) in [5, 5.41) is 15.1. The molecule has 116 valence electrons. The summed E-state index contributed by atoms with van der Waals surface area (Å²) in [5.41, 5.74) is 1.15. The average Bonchev–Trinajstić information content (AvgIpc) is 2.91. The lowest BCUT2D eigenvalue weighted by molar-refractivity contribution is -0.137. The molecule has 1 aromatic heterocycles. The Bertz CT molecular complexity index is 625. The van der Waals surface area contributed by atoms with Gasteiger partial charge in [0.25, 0.3) is 5.91 Å². The second-order valence-corrected chi connectivity index (χ2v) is 4.63. The van der Waals surface area contributed by atoms with E-state index in [1.54, 1.807) is 0 Å². The monoisotopic (exact) mass is 303 g/mol. The molecule has 0 saturated carbocycles. The minimum absolute atomic E-state index is 0.0708. The fourth-order valence-electron chi connectivity index (χ4n) is 1.83. The largest absolute Gasteiger partial charge is 0.480 e. The summed E-state index contributed by atoms with van der Waals surface area (Å²) in [6, 6.07) is 11.4. The van der Waals surface area contributed by atoms with Gasteiger partial charge in [0, 0.05) is 12.3 Å². The van der Waals surface area contributed by atoms with Gasteiger partial charge in [-0.1, -0.05) is 30.3 Å². The van der Waals surface area contributed by atoms with E-state index in [1.807, 2.05) is 30.3 Å². The molecule has 0 atom stereocenters. The lowest BCUT2D eigenvalue weighted by Crippen LogP contribution is -2.19. The number of ether oxygens (including phenoxy) is 1. The van der Waals surface area contributed by atoms with Gasteiger partial charge in [-0.2, -0.15) is 5.10 Å². The van der Waals surface area contributed by atoms with Gasteiger partial charge in [0.2, 0.25) is 0 Å². The highest BCUT2D eigenvalue weighted by molar-refractivity contribution is 5.90. The molecule has 7 nitrogen and oxygen atoms in total. The molecule has 0 bridgehead atoms. The molecule has 1 amide bonds. The average molecular weight is 303 g/mol. The topological polar surface area (TPSA) is 93.5 Å². The Morgan fingerprint density at radius 2 is 2.00 bits per heavy atom. The van der Waals surface area contributed by atoms with Crippen molar-refractivity contribution in [3.63, 3.8) is 0 Å². The van der Waals surface area contributed by atoms with E-state index in [-0.39, 0.29) is 19.1 Å². The van der Waals surface area contributed by atoms with Gasteiger partial charge in [-0.05, 0) is 12.0 Å². The third-order valence-electron chi connectivity index (χ3n) is 2.82. The number of aliphatic carboxylic acids is 1. The van der Waals surface area contributed by atoms with Crippen LogP contribution < -0.4 is 5.32 Å². The molecule has 0 unspecified atom stereocenters. The van der Waals surface area contributed by atoms with Crippen LogP contribution in [-0.2, 0) is 27.3 Å². The van der Waals surface area contributed by atoms with Crippen molar-refractivity contribution in [2.45, 2.75) is 13.0 Å². The van der Waals surface area contributed by atoms with Crippen LogP contribution in [0, 0.1) is 0 Å². The van der Waals surface area contributed by atoms with E-state index < -0.39 is 5.97 Å². The summed E-state index contributed by atoms with van der Waals surface area (Å²) >= 11 is 0. The van der Waals surface area contributed by atoms with Crippen LogP contribution in [0.25, 0.3) is 0 Å². The summed E-state index contributed by atoms with van der Waals surface area (Å²) in [5.74, 6) is -1.02. The first-order chi connectivity index (χ1) is 10.6. The summed E-state index contributed by atoms with van der Waals surface area (Å²) in [6.07, 6.45) is 2.22. The van der Waals surface area contributed by atoms with Gasteiger partial charge >= 0.3 is 5.97 Å². The first-order valence-electron chi connectivity index (χ1n) is 6.80. The Morgan fingerprint density at radius 3 is 2.73 bits per heavy atom. The van der Waals surface area contributed by atoms with Crippen LogP contribution in [0.1, 0.15) is 5.56 Å². The fraction of sp³-hybridized carbons (Fsp3) is 0.267. The van der Waals surface area contributed by atoms with Crippen molar-refractivity contribution < 1.29 is 19.4 Å². The van der Waals surface area contributed by atoms with Crippen molar-refractivity contribution in [2.75, 3.05) is 18.5 Å². The molecule has 0 aliphatic rings. The fourth-order valence-corrected chi connectivity index (χ4v) is 1.83. The van der Waals surface area contributed by atoms with Crippen LogP contribution in [0.4, 0.5) is 5.82 Å². The number of aromatic nitrogens is 2. The molecule has 1 aromatic carbocycles. The van der Waals surface area contributed by atoms with Crippen molar-refractivity contribution in [1.82, 2.24) is 9.78 Å². The van der Waals surface area contributed by atoms with E-state index in [2.05, 4.69) is 10.4 Å². The summed E-state index contributed by atoms with van der Waals surface area (Å²) in [7, 11) is 0. The first kappa shape index (κ1) is 15.7. The predicted molar refractivity (Wildman–Crippen MR) is 79.5 cm³/mol. The van der Waals surface area contributed by atoms with Gasteiger partial charge in [-0.25, -0.2) is 0 Å². The number of hydrogen-bond donors (Lipinski definition) is 2.